The second kappa shape index (κ2) is 4.33. The lowest BCUT2D eigenvalue weighted by molar-refractivity contribution is 0.0989. The van der Waals surface area contributed by atoms with Gasteiger partial charge >= 0.3 is 0 Å². The summed E-state index contributed by atoms with van der Waals surface area (Å²) in [5.41, 5.74) is 1.60. The van der Waals surface area contributed by atoms with Gasteiger partial charge in [0.25, 0.3) is 0 Å². The van der Waals surface area contributed by atoms with Crippen LogP contribution in [0.5, 0.6) is 0 Å². The fourth-order valence-electron chi connectivity index (χ4n) is 1.41. The Bertz CT molecular complexity index is 361. The van der Waals surface area contributed by atoms with Crippen LogP contribution in [0.15, 0.2) is 12.1 Å². The van der Waals surface area contributed by atoms with Crippen LogP contribution in [-0.2, 0) is 0 Å². The van der Waals surface area contributed by atoms with E-state index in [4.69, 9.17) is 0 Å². The molecule has 0 aliphatic heterocycles. The molecule has 0 saturated heterocycles. The summed E-state index contributed by atoms with van der Waals surface area (Å²) in [6.45, 7) is 3.68. The van der Waals surface area contributed by atoms with E-state index in [2.05, 4.69) is 5.32 Å². The molecule has 0 aromatic heterocycles. The van der Waals surface area contributed by atoms with Crippen molar-refractivity contribution in [1.82, 2.24) is 5.32 Å². The molecule has 14 heavy (non-hydrogen) atoms. The molecule has 0 aliphatic rings. The van der Waals surface area contributed by atoms with Crippen molar-refractivity contribution in [3.05, 3.63) is 34.6 Å². The number of ketones is 1. The van der Waals surface area contributed by atoms with Crippen LogP contribution in [0.25, 0.3) is 0 Å². The molecule has 76 valence electrons. The number of rotatable bonds is 3. The summed E-state index contributed by atoms with van der Waals surface area (Å²) in [4.78, 5) is 11.5. The predicted octanol–water partition coefficient (Wildman–Crippen LogP) is 1.84. The van der Waals surface area contributed by atoms with E-state index in [1.54, 1.807) is 26.1 Å². The molecule has 0 spiro atoms. The summed E-state index contributed by atoms with van der Waals surface area (Å²) < 4.78 is 13.5. The Morgan fingerprint density at radius 1 is 1.43 bits per heavy atom. The van der Waals surface area contributed by atoms with Gasteiger partial charge in [-0.15, -0.1) is 0 Å². The van der Waals surface area contributed by atoms with E-state index < -0.39 is 5.82 Å². The van der Waals surface area contributed by atoms with Crippen LogP contribution < -0.4 is 5.32 Å². The van der Waals surface area contributed by atoms with Crippen LogP contribution in [0.3, 0.4) is 0 Å². The van der Waals surface area contributed by atoms with Gasteiger partial charge in [-0.2, -0.15) is 0 Å². The Morgan fingerprint density at radius 3 is 2.64 bits per heavy atom. The van der Waals surface area contributed by atoms with E-state index in [1.165, 1.54) is 0 Å². The number of hydrogen-bond donors (Lipinski definition) is 1. The number of benzene rings is 1. The number of Topliss-reactive ketones (excluding diaryl/α,β-unsaturated/α-hetero) is 1. The molecule has 0 bridgehead atoms. The molecule has 0 fully saturated rings. The summed E-state index contributed by atoms with van der Waals surface area (Å²) in [5.74, 6) is -0.618. The minimum atomic E-state index is -0.407. The molecule has 0 radical (unpaired) electrons. The first-order valence-electron chi connectivity index (χ1n) is 4.50. The highest BCUT2D eigenvalue weighted by atomic mass is 19.1. The average molecular weight is 195 g/mol. The molecule has 0 unspecified atom stereocenters. The van der Waals surface area contributed by atoms with Crippen molar-refractivity contribution >= 4 is 5.78 Å². The van der Waals surface area contributed by atoms with Crippen LogP contribution >= 0.6 is 0 Å². The molecule has 2 nitrogen and oxygen atoms in total. The average Bonchev–Trinajstić information content (AvgIpc) is 2.11. The fourth-order valence-corrected chi connectivity index (χ4v) is 1.41. The molecule has 0 saturated carbocycles. The largest absolute Gasteiger partial charge is 0.313 e. The van der Waals surface area contributed by atoms with Gasteiger partial charge < -0.3 is 5.32 Å². The van der Waals surface area contributed by atoms with E-state index in [9.17, 15) is 9.18 Å². The van der Waals surface area contributed by atoms with Crippen molar-refractivity contribution in [2.45, 2.75) is 13.8 Å². The summed E-state index contributed by atoms with van der Waals surface area (Å²) in [6.07, 6.45) is 0. The molecule has 3 heteroatoms. The Morgan fingerprint density at radius 2 is 2.07 bits per heavy atom. The maximum Gasteiger partial charge on any atom is 0.179 e. The highest BCUT2D eigenvalue weighted by Crippen LogP contribution is 2.15. The molecular weight excluding hydrogens is 181 g/mol. The lowest BCUT2D eigenvalue weighted by Gasteiger charge is -2.06. The Balaban J connectivity index is 3.13. The third-order valence-corrected chi connectivity index (χ3v) is 2.04. The lowest BCUT2D eigenvalue weighted by atomic mass is 10.0. The number of likely N-dealkylation sites (N-methyl/N-ethyl adjacent to an activating group) is 1. The first-order valence-corrected chi connectivity index (χ1v) is 4.50. The van der Waals surface area contributed by atoms with Gasteiger partial charge in [0.2, 0.25) is 0 Å². The van der Waals surface area contributed by atoms with Crippen LogP contribution in [0.1, 0.15) is 21.5 Å². The summed E-state index contributed by atoms with van der Waals surface area (Å²) in [6, 6.07) is 3.31. The van der Waals surface area contributed by atoms with Crippen LogP contribution in [0.4, 0.5) is 4.39 Å². The molecule has 1 rings (SSSR count). The van der Waals surface area contributed by atoms with Gasteiger partial charge in [0, 0.05) is 0 Å². The third-order valence-electron chi connectivity index (χ3n) is 2.04. The maximum absolute atomic E-state index is 13.5. The van der Waals surface area contributed by atoms with Crippen molar-refractivity contribution in [3.63, 3.8) is 0 Å². The number of aryl methyl sites for hydroxylation is 2. The zero-order valence-electron chi connectivity index (χ0n) is 8.65. The van der Waals surface area contributed by atoms with Gasteiger partial charge in [-0.05, 0) is 38.1 Å². The van der Waals surface area contributed by atoms with Gasteiger partial charge in [-0.25, -0.2) is 4.39 Å². The molecule has 1 aromatic rings. The molecule has 0 amide bonds. The summed E-state index contributed by atoms with van der Waals surface area (Å²) in [5, 5.41) is 2.72. The fraction of sp³-hybridized carbons (Fsp3) is 0.364. The van der Waals surface area contributed by atoms with Gasteiger partial charge in [-0.1, -0.05) is 6.07 Å². The number of carbonyl (C=O) groups excluding carboxylic acids is 1. The van der Waals surface area contributed by atoms with Crippen molar-refractivity contribution in [2.24, 2.45) is 0 Å². The molecule has 0 heterocycles. The SMILES string of the molecule is CNCC(=O)c1cc(C)cc(C)c1F. The van der Waals surface area contributed by atoms with Crippen LogP contribution in [0, 0.1) is 19.7 Å². The first-order chi connectivity index (χ1) is 6.56. The number of hydrogen-bond acceptors (Lipinski definition) is 2. The quantitative estimate of drug-likeness (QED) is 0.746. The van der Waals surface area contributed by atoms with Crippen molar-refractivity contribution < 1.29 is 9.18 Å². The monoisotopic (exact) mass is 195 g/mol. The molecule has 1 N–H and O–H groups in total. The van der Waals surface area contributed by atoms with Crippen LogP contribution in [-0.4, -0.2) is 19.4 Å². The lowest BCUT2D eigenvalue weighted by Crippen LogP contribution is -2.20. The van der Waals surface area contributed by atoms with E-state index in [0.29, 0.717) is 5.56 Å². The minimum Gasteiger partial charge on any atom is -0.313 e. The minimum absolute atomic E-state index is 0.166. The standard InChI is InChI=1S/C11H14FNO/c1-7-4-8(2)11(12)9(5-7)10(14)6-13-3/h4-5,13H,6H2,1-3H3. The summed E-state index contributed by atoms with van der Waals surface area (Å²) >= 11 is 0. The molecule has 1 aromatic carbocycles. The molecular formula is C11H14FNO. The zero-order chi connectivity index (χ0) is 10.7. The second-order valence-corrected chi connectivity index (χ2v) is 3.40. The van der Waals surface area contributed by atoms with Crippen molar-refractivity contribution in [1.29, 1.82) is 0 Å². The van der Waals surface area contributed by atoms with E-state index in [1.807, 2.05) is 6.92 Å². The van der Waals surface area contributed by atoms with Crippen molar-refractivity contribution in [3.8, 4) is 0 Å². The second-order valence-electron chi connectivity index (χ2n) is 3.40. The number of nitrogens with one attached hydrogen (secondary N) is 1. The molecule has 0 aliphatic carbocycles. The Labute approximate surface area is 83.1 Å². The number of halogens is 1. The molecule has 0 atom stereocenters. The van der Waals surface area contributed by atoms with Gasteiger partial charge in [0.05, 0.1) is 12.1 Å². The Kier molecular flexibility index (Phi) is 3.36. The first kappa shape index (κ1) is 10.9. The van der Waals surface area contributed by atoms with Gasteiger partial charge in [-0.3, -0.25) is 4.79 Å². The smallest absolute Gasteiger partial charge is 0.179 e. The normalized spacial score (nSPS) is 10.3. The van der Waals surface area contributed by atoms with Crippen LogP contribution in [0.2, 0.25) is 0 Å². The van der Waals surface area contributed by atoms with E-state index in [-0.39, 0.29) is 17.9 Å². The van der Waals surface area contributed by atoms with Gasteiger partial charge in [0.1, 0.15) is 5.82 Å². The maximum atomic E-state index is 13.5. The van der Waals surface area contributed by atoms with E-state index >= 15 is 0 Å². The topological polar surface area (TPSA) is 29.1 Å². The number of carbonyl (C=O) groups is 1. The Hall–Kier alpha value is -1.22. The van der Waals surface area contributed by atoms with Gasteiger partial charge in [0.15, 0.2) is 5.78 Å². The zero-order valence-corrected chi connectivity index (χ0v) is 8.65. The summed E-state index contributed by atoms with van der Waals surface area (Å²) in [7, 11) is 1.67. The highest BCUT2D eigenvalue weighted by Gasteiger charge is 2.13. The van der Waals surface area contributed by atoms with Crippen molar-refractivity contribution in [2.75, 3.05) is 13.6 Å². The third kappa shape index (κ3) is 2.17. The van der Waals surface area contributed by atoms with E-state index in [0.717, 1.165) is 5.56 Å². The highest BCUT2D eigenvalue weighted by molar-refractivity contribution is 5.98. The predicted molar refractivity (Wildman–Crippen MR) is 54.1 cm³/mol.